The summed E-state index contributed by atoms with van der Waals surface area (Å²) in [6, 6.07) is 7.19. The van der Waals surface area contributed by atoms with Gasteiger partial charge in [0.1, 0.15) is 11.9 Å². The Balaban J connectivity index is 1.67. The molecule has 0 heterocycles. The number of carbonyl (C=O) groups is 1. The Hall–Kier alpha value is -1.71. The highest BCUT2D eigenvalue weighted by atomic mass is 16.5. The van der Waals surface area contributed by atoms with E-state index in [9.17, 15) is 4.79 Å². The number of ether oxygens (including phenoxy) is 2. The number of carbonyl (C=O) groups excluding carboxylic acids is 1. The number of hydrogen-bond donors (Lipinski definition) is 1. The van der Waals surface area contributed by atoms with E-state index in [0.717, 1.165) is 19.3 Å². The number of benzene rings is 1. The van der Waals surface area contributed by atoms with E-state index in [1.807, 2.05) is 12.1 Å². The Morgan fingerprint density at radius 2 is 2.25 bits per heavy atom. The van der Waals surface area contributed by atoms with E-state index in [4.69, 9.17) is 15.2 Å². The van der Waals surface area contributed by atoms with Crippen LogP contribution in [0, 0.1) is 5.92 Å². The molecule has 0 amide bonds. The molecule has 2 rings (SSSR count). The molecule has 0 saturated heterocycles. The SMILES string of the molecule is CC1CCCC(OC(=O)CCOc2cccc(N)c2)C1. The van der Waals surface area contributed by atoms with Gasteiger partial charge in [-0.25, -0.2) is 0 Å². The average molecular weight is 277 g/mol. The highest BCUT2D eigenvalue weighted by molar-refractivity contribution is 5.69. The topological polar surface area (TPSA) is 61.5 Å². The molecule has 2 atom stereocenters. The van der Waals surface area contributed by atoms with Crippen molar-refractivity contribution in [2.45, 2.75) is 45.1 Å². The molecule has 4 nitrogen and oxygen atoms in total. The summed E-state index contributed by atoms with van der Waals surface area (Å²) < 4.78 is 11.0. The van der Waals surface area contributed by atoms with E-state index < -0.39 is 0 Å². The van der Waals surface area contributed by atoms with Crippen molar-refractivity contribution in [1.82, 2.24) is 0 Å². The van der Waals surface area contributed by atoms with Crippen LogP contribution in [0.15, 0.2) is 24.3 Å². The van der Waals surface area contributed by atoms with Crippen LogP contribution in [-0.2, 0) is 9.53 Å². The molecular formula is C16H23NO3. The molecule has 0 spiro atoms. The van der Waals surface area contributed by atoms with Gasteiger partial charge < -0.3 is 15.2 Å². The monoisotopic (exact) mass is 277 g/mol. The van der Waals surface area contributed by atoms with Crippen molar-refractivity contribution in [3.8, 4) is 5.75 Å². The van der Waals surface area contributed by atoms with E-state index >= 15 is 0 Å². The summed E-state index contributed by atoms with van der Waals surface area (Å²) >= 11 is 0. The van der Waals surface area contributed by atoms with Gasteiger partial charge in [-0.1, -0.05) is 19.4 Å². The van der Waals surface area contributed by atoms with Crippen molar-refractivity contribution in [1.29, 1.82) is 0 Å². The molecule has 0 aliphatic heterocycles. The molecular weight excluding hydrogens is 254 g/mol. The van der Waals surface area contributed by atoms with Crippen molar-refractivity contribution in [3.63, 3.8) is 0 Å². The van der Waals surface area contributed by atoms with E-state index in [1.165, 1.54) is 6.42 Å². The number of anilines is 1. The van der Waals surface area contributed by atoms with Crippen molar-refractivity contribution >= 4 is 11.7 Å². The van der Waals surface area contributed by atoms with Gasteiger partial charge in [0, 0.05) is 11.8 Å². The first-order valence-corrected chi connectivity index (χ1v) is 7.31. The highest BCUT2D eigenvalue weighted by Crippen LogP contribution is 2.26. The number of nitrogen functional groups attached to an aromatic ring is 1. The third-order valence-electron chi connectivity index (χ3n) is 3.62. The van der Waals surface area contributed by atoms with Crippen molar-refractivity contribution in [3.05, 3.63) is 24.3 Å². The molecule has 1 saturated carbocycles. The van der Waals surface area contributed by atoms with E-state index in [0.29, 0.717) is 24.0 Å². The summed E-state index contributed by atoms with van der Waals surface area (Å²) in [6.07, 6.45) is 4.75. The van der Waals surface area contributed by atoms with Gasteiger partial charge in [-0.15, -0.1) is 0 Å². The predicted octanol–water partition coefficient (Wildman–Crippen LogP) is 3.16. The Morgan fingerprint density at radius 3 is 3.00 bits per heavy atom. The van der Waals surface area contributed by atoms with Crippen molar-refractivity contribution in [2.24, 2.45) is 5.92 Å². The van der Waals surface area contributed by atoms with Gasteiger partial charge in [0.2, 0.25) is 0 Å². The molecule has 0 bridgehead atoms. The van der Waals surface area contributed by atoms with Crippen molar-refractivity contribution < 1.29 is 14.3 Å². The third-order valence-corrected chi connectivity index (χ3v) is 3.62. The van der Waals surface area contributed by atoms with Crippen LogP contribution < -0.4 is 10.5 Å². The van der Waals surface area contributed by atoms with Gasteiger partial charge >= 0.3 is 5.97 Å². The number of nitrogens with two attached hydrogens (primary N) is 1. The van der Waals surface area contributed by atoms with Crippen LogP contribution in [0.1, 0.15) is 39.0 Å². The Labute approximate surface area is 120 Å². The van der Waals surface area contributed by atoms with Crippen LogP contribution in [0.3, 0.4) is 0 Å². The zero-order valence-electron chi connectivity index (χ0n) is 12.0. The van der Waals surface area contributed by atoms with Crippen LogP contribution >= 0.6 is 0 Å². The van der Waals surface area contributed by atoms with Crippen LogP contribution in [-0.4, -0.2) is 18.7 Å². The molecule has 1 aromatic carbocycles. The largest absolute Gasteiger partial charge is 0.493 e. The second kappa shape index (κ2) is 7.17. The van der Waals surface area contributed by atoms with Crippen LogP contribution in [0.25, 0.3) is 0 Å². The van der Waals surface area contributed by atoms with Gasteiger partial charge in [0.25, 0.3) is 0 Å². The Bertz CT molecular complexity index is 447. The molecule has 1 fully saturated rings. The molecule has 1 aliphatic carbocycles. The maximum Gasteiger partial charge on any atom is 0.309 e. The molecule has 0 aromatic heterocycles. The average Bonchev–Trinajstić information content (AvgIpc) is 2.38. The maximum absolute atomic E-state index is 11.7. The summed E-state index contributed by atoms with van der Waals surface area (Å²) in [6.45, 7) is 2.54. The summed E-state index contributed by atoms with van der Waals surface area (Å²) in [4.78, 5) is 11.7. The Kier molecular flexibility index (Phi) is 5.27. The molecule has 2 N–H and O–H groups in total. The van der Waals surface area contributed by atoms with E-state index in [1.54, 1.807) is 12.1 Å². The highest BCUT2D eigenvalue weighted by Gasteiger charge is 2.21. The second-order valence-corrected chi connectivity index (χ2v) is 5.55. The molecule has 0 radical (unpaired) electrons. The number of esters is 1. The molecule has 110 valence electrons. The molecule has 1 aromatic rings. The number of hydrogen-bond acceptors (Lipinski definition) is 4. The molecule has 1 aliphatic rings. The predicted molar refractivity (Wildman–Crippen MR) is 78.5 cm³/mol. The van der Waals surface area contributed by atoms with Crippen LogP contribution in [0.5, 0.6) is 5.75 Å². The summed E-state index contributed by atoms with van der Waals surface area (Å²) in [7, 11) is 0. The van der Waals surface area contributed by atoms with Gasteiger partial charge in [-0.3, -0.25) is 4.79 Å². The Morgan fingerprint density at radius 1 is 1.40 bits per heavy atom. The van der Waals surface area contributed by atoms with E-state index in [-0.39, 0.29) is 18.5 Å². The van der Waals surface area contributed by atoms with E-state index in [2.05, 4.69) is 6.92 Å². The van der Waals surface area contributed by atoms with Gasteiger partial charge in [0.15, 0.2) is 0 Å². The number of rotatable bonds is 5. The maximum atomic E-state index is 11.7. The quantitative estimate of drug-likeness (QED) is 0.663. The minimum atomic E-state index is -0.173. The normalized spacial score (nSPS) is 22.2. The van der Waals surface area contributed by atoms with Gasteiger partial charge in [-0.2, -0.15) is 0 Å². The zero-order chi connectivity index (χ0) is 14.4. The lowest BCUT2D eigenvalue weighted by Gasteiger charge is -2.26. The standard InChI is InChI=1S/C16H23NO3/c1-12-4-2-7-15(10-12)20-16(18)8-9-19-14-6-3-5-13(17)11-14/h3,5-6,11-12,15H,2,4,7-10,17H2,1H3. The molecule has 20 heavy (non-hydrogen) atoms. The van der Waals surface area contributed by atoms with Crippen LogP contribution in [0.4, 0.5) is 5.69 Å². The van der Waals surface area contributed by atoms with Crippen LogP contribution in [0.2, 0.25) is 0 Å². The fraction of sp³-hybridized carbons (Fsp3) is 0.562. The van der Waals surface area contributed by atoms with Gasteiger partial charge in [0.05, 0.1) is 13.0 Å². The zero-order valence-corrected chi connectivity index (χ0v) is 12.0. The fourth-order valence-corrected chi connectivity index (χ4v) is 2.59. The lowest BCUT2D eigenvalue weighted by molar-refractivity contribution is -0.151. The summed E-state index contributed by atoms with van der Waals surface area (Å²) in [5, 5.41) is 0. The van der Waals surface area contributed by atoms with Gasteiger partial charge in [-0.05, 0) is 37.3 Å². The first-order valence-electron chi connectivity index (χ1n) is 7.31. The third kappa shape index (κ3) is 4.76. The fourth-order valence-electron chi connectivity index (χ4n) is 2.59. The second-order valence-electron chi connectivity index (χ2n) is 5.55. The summed E-state index contributed by atoms with van der Waals surface area (Å²) in [5.74, 6) is 1.17. The minimum Gasteiger partial charge on any atom is -0.493 e. The van der Waals surface area contributed by atoms with Crippen molar-refractivity contribution in [2.75, 3.05) is 12.3 Å². The lowest BCUT2D eigenvalue weighted by atomic mass is 9.89. The molecule has 4 heteroatoms. The smallest absolute Gasteiger partial charge is 0.309 e. The first-order chi connectivity index (χ1) is 9.63. The summed E-state index contributed by atoms with van der Waals surface area (Å²) in [5.41, 5.74) is 6.31. The minimum absolute atomic E-state index is 0.0959. The molecule has 2 unspecified atom stereocenters. The lowest BCUT2D eigenvalue weighted by Crippen LogP contribution is -2.25. The first kappa shape index (κ1) is 14.7.